The molecule has 0 bridgehead atoms. The number of rotatable bonds is 7. The normalized spacial score (nSPS) is 11.3. The molecule has 0 unspecified atom stereocenters. The zero-order chi connectivity index (χ0) is 17.9. The highest BCUT2D eigenvalue weighted by atomic mass is 32.2. The molecule has 0 radical (unpaired) electrons. The largest absolute Gasteiger partial charge is 0.493 e. The lowest BCUT2D eigenvalue weighted by molar-refractivity contribution is 0.0522. The Labute approximate surface area is 140 Å². The van der Waals surface area contributed by atoms with Gasteiger partial charge in [0.25, 0.3) is 0 Å². The molecule has 0 atom stereocenters. The summed E-state index contributed by atoms with van der Waals surface area (Å²) in [6.07, 6.45) is 0. The van der Waals surface area contributed by atoms with Crippen molar-refractivity contribution in [3.05, 3.63) is 17.8 Å². The first-order chi connectivity index (χ1) is 11.4. The summed E-state index contributed by atoms with van der Waals surface area (Å²) in [7, 11) is -0.634. The standard InChI is InChI=1S/C15H20N2O6S/c1-5-23-15(18)14-13(17-24(19,20)6-2)9-7-11(21-3)12(22-4)8-10(9)16-14/h7-8,16-17H,5-6H2,1-4H3. The second-order valence-corrected chi connectivity index (χ2v) is 6.86. The van der Waals surface area contributed by atoms with Crippen LogP contribution in [0.3, 0.4) is 0 Å². The minimum atomic E-state index is -3.59. The summed E-state index contributed by atoms with van der Waals surface area (Å²) in [5.41, 5.74) is 0.676. The molecule has 24 heavy (non-hydrogen) atoms. The Balaban J connectivity index is 2.72. The number of H-pyrrole nitrogens is 1. The van der Waals surface area contributed by atoms with E-state index >= 15 is 0 Å². The zero-order valence-electron chi connectivity index (χ0n) is 13.9. The zero-order valence-corrected chi connectivity index (χ0v) is 14.7. The summed E-state index contributed by atoms with van der Waals surface area (Å²) < 4.78 is 41.9. The van der Waals surface area contributed by atoms with Crippen molar-refractivity contribution in [3.63, 3.8) is 0 Å². The lowest BCUT2D eigenvalue weighted by Crippen LogP contribution is -2.17. The molecule has 0 saturated heterocycles. The SMILES string of the molecule is CCOC(=O)c1[nH]c2cc(OC)c(OC)cc2c1NS(=O)(=O)CC. The number of ether oxygens (including phenoxy) is 3. The number of benzene rings is 1. The number of hydrogen-bond acceptors (Lipinski definition) is 6. The summed E-state index contributed by atoms with van der Waals surface area (Å²) in [5, 5.41) is 0.479. The Morgan fingerprint density at radius 2 is 1.79 bits per heavy atom. The number of sulfonamides is 1. The minimum absolute atomic E-state index is 0.0270. The average molecular weight is 356 g/mol. The van der Waals surface area contributed by atoms with Crippen LogP contribution in [0.1, 0.15) is 24.3 Å². The number of carbonyl (C=O) groups excluding carboxylic acids is 1. The van der Waals surface area contributed by atoms with E-state index in [1.165, 1.54) is 21.1 Å². The van der Waals surface area contributed by atoms with Gasteiger partial charge in [0, 0.05) is 11.5 Å². The van der Waals surface area contributed by atoms with E-state index in [9.17, 15) is 13.2 Å². The molecule has 9 heteroatoms. The number of methoxy groups -OCH3 is 2. The number of aromatic amines is 1. The van der Waals surface area contributed by atoms with Crippen molar-refractivity contribution in [2.24, 2.45) is 0 Å². The van der Waals surface area contributed by atoms with Crippen molar-refractivity contribution >= 4 is 32.6 Å². The maximum Gasteiger partial charge on any atom is 0.356 e. The average Bonchev–Trinajstić information content (AvgIpc) is 2.90. The molecule has 0 aliphatic rings. The fourth-order valence-corrected chi connectivity index (χ4v) is 2.88. The van der Waals surface area contributed by atoms with Gasteiger partial charge in [-0.15, -0.1) is 0 Å². The highest BCUT2D eigenvalue weighted by molar-refractivity contribution is 7.92. The van der Waals surface area contributed by atoms with Crippen LogP contribution in [0, 0.1) is 0 Å². The van der Waals surface area contributed by atoms with Gasteiger partial charge in [-0.3, -0.25) is 4.72 Å². The van der Waals surface area contributed by atoms with Gasteiger partial charge in [-0.05, 0) is 19.9 Å². The van der Waals surface area contributed by atoms with E-state index in [4.69, 9.17) is 14.2 Å². The van der Waals surface area contributed by atoms with E-state index in [1.54, 1.807) is 19.1 Å². The number of anilines is 1. The number of nitrogens with one attached hydrogen (secondary N) is 2. The Kier molecular flexibility index (Phi) is 5.23. The van der Waals surface area contributed by atoms with Crippen LogP contribution in [0.25, 0.3) is 10.9 Å². The molecule has 0 aliphatic carbocycles. The molecule has 132 valence electrons. The molecule has 8 nitrogen and oxygen atoms in total. The topological polar surface area (TPSA) is 107 Å². The van der Waals surface area contributed by atoms with Gasteiger partial charge in [0.05, 0.1) is 37.8 Å². The van der Waals surface area contributed by atoms with Gasteiger partial charge >= 0.3 is 5.97 Å². The maximum atomic E-state index is 12.2. The molecule has 1 heterocycles. The van der Waals surface area contributed by atoms with Gasteiger partial charge in [0.2, 0.25) is 10.0 Å². The van der Waals surface area contributed by atoms with Crippen LogP contribution in [0.15, 0.2) is 12.1 Å². The van der Waals surface area contributed by atoms with Gasteiger partial charge in [0.15, 0.2) is 17.2 Å². The second kappa shape index (κ2) is 7.00. The molecule has 1 aromatic carbocycles. The molecule has 0 saturated carbocycles. The number of esters is 1. The third-order valence-electron chi connectivity index (χ3n) is 3.42. The molecule has 0 amide bonds. The molecular weight excluding hydrogens is 336 g/mol. The highest BCUT2D eigenvalue weighted by Gasteiger charge is 2.23. The lowest BCUT2D eigenvalue weighted by atomic mass is 10.2. The van der Waals surface area contributed by atoms with Crippen molar-refractivity contribution in [3.8, 4) is 11.5 Å². The van der Waals surface area contributed by atoms with Crippen LogP contribution in [-0.4, -0.2) is 46.0 Å². The van der Waals surface area contributed by atoms with Crippen molar-refractivity contribution in [1.29, 1.82) is 0 Å². The molecule has 0 aliphatic heterocycles. The molecule has 1 aromatic heterocycles. The predicted molar refractivity (Wildman–Crippen MR) is 90.4 cm³/mol. The highest BCUT2D eigenvalue weighted by Crippen LogP contribution is 2.37. The third-order valence-corrected chi connectivity index (χ3v) is 4.70. The molecule has 0 fully saturated rings. The van der Waals surface area contributed by atoms with E-state index < -0.39 is 16.0 Å². The summed E-state index contributed by atoms with van der Waals surface area (Å²) in [4.78, 5) is 15.1. The summed E-state index contributed by atoms with van der Waals surface area (Å²) in [6.45, 7) is 3.34. The molecule has 2 aromatic rings. The summed E-state index contributed by atoms with van der Waals surface area (Å²) >= 11 is 0. The van der Waals surface area contributed by atoms with Crippen LogP contribution in [0.4, 0.5) is 5.69 Å². The smallest absolute Gasteiger partial charge is 0.356 e. The Morgan fingerprint density at radius 1 is 1.17 bits per heavy atom. The quantitative estimate of drug-likeness (QED) is 0.736. The molecule has 2 rings (SSSR count). The van der Waals surface area contributed by atoms with Crippen LogP contribution in [0.2, 0.25) is 0 Å². The monoisotopic (exact) mass is 356 g/mol. The van der Waals surface area contributed by atoms with Crippen LogP contribution in [-0.2, 0) is 14.8 Å². The first-order valence-corrected chi connectivity index (χ1v) is 8.97. The van der Waals surface area contributed by atoms with Gasteiger partial charge < -0.3 is 19.2 Å². The maximum absolute atomic E-state index is 12.2. The fraction of sp³-hybridized carbons (Fsp3) is 0.400. The third kappa shape index (κ3) is 3.40. The van der Waals surface area contributed by atoms with Crippen LogP contribution >= 0.6 is 0 Å². The number of hydrogen-bond donors (Lipinski definition) is 2. The first-order valence-electron chi connectivity index (χ1n) is 7.32. The van der Waals surface area contributed by atoms with E-state index in [-0.39, 0.29) is 23.7 Å². The Bertz CT molecular complexity index is 856. The Hall–Kier alpha value is -2.42. The van der Waals surface area contributed by atoms with Crippen LogP contribution < -0.4 is 14.2 Å². The summed E-state index contributed by atoms with van der Waals surface area (Å²) in [6, 6.07) is 3.22. The van der Waals surface area contributed by atoms with Crippen molar-refractivity contribution in [1.82, 2.24) is 4.98 Å². The van der Waals surface area contributed by atoms with E-state index in [2.05, 4.69) is 9.71 Å². The van der Waals surface area contributed by atoms with Crippen molar-refractivity contribution in [2.45, 2.75) is 13.8 Å². The Morgan fingerprint density at radius 3 is 2.33 bits per heavy atom. The van der Waals surface area contributed by atoms with Crippen LogP contribution in [0.5, 0.6) is 11.5 Å². The van der Waals surface area contributed by atoms with E-state index in [1.807, 2.05) is 0 Å². The molecule has 2 N–H and O–H groups in total. The van der Waals surface area contributed by atoms with Crippen molar-refractivity contribution < 1.29 is 27.4 Å². The summed E-state index contributed by atoms with van der Waals surface area (Å²) in [5.74, 6) is 0.0817. The van der Waals surface area contributed by atoms with Gasteiger partial charge in [0.1, 0.15) is 0 Å². The molecular formula is C15H20N2O6S. The minimum Gasteiger partial charge on any atom is -0.493 e. The number of fused-ring (bicyclic) bond motifs is 1. The molecule has 0 spiro atoms. The predicted octanol–water partition coefficient (Wildman–Crippen LogP) is 2.12. The second-order valence-electron chi connectivity index (χ2n) is 4.85. The fourth-order valence-electron chi connectivity index (χ4n) is 2.21. The lowest BCUT2D eigenvalue weighted by Gasteiger charge is -2.09. The van der Waals surface area contributed by atoms with Gasteiger partial charge in [-0.1, -0.05) is 0 Å². The van der Waals surface area contributed by atoms with E-state index in [0.29, 0.717) is 22.4 Å². The number of aromatic nitrogens is 1. The van der Waals surface area contributed by atoms with E-state index in [0.717, 1.165) is 0 Å². The number of carbonyl (C=O) groups is 1. The van der Waals surface area contributed by atoms with Gasteiger partial charge in [-0.25, -0.2) is 13.2 Å². The van der Waals surface area contributed by atoms with Crippen molar-refractivity contribution in [2.75, 3.05) is 31.3 Å². The van der Waals surface area contributed by atoms with Gasteiger partial charge in [-0.2, -0.15) is 0 Å². The first kappa shape index (κ1) is 17.9.